The quantitative estimate of drug-likeness (QED) is 0.0707. The van der Waals surface area contributed by atoms with Gasteiger partial charge in [0.25, 0.3) is 0 Å². The van der Waals surface area contributed by atoms with E-state index in [-0.39, 0.29) is 5.41 Å². The molecule has 0 saturated heterocycles. The number of rotatable bonds is 23. The number of halogens is 1. The second-order valence-corrected chi connectivity index (χ2v) is 15.8. The van der Waals surface area contributed by atoms with Crippen molar-refractivity contribution in [3.8, 4) is 33.8 Å². The smallest absolute Gasteiger partial charge is 0.127 e. The van der Waals surface area contributed by atoms with Gasteiger partial charge in [-0.25, -0.2) is 0 Å². The molecule has 1 aliphatic rings. The van der Waals surface area contributed by atoms with Gasteiger partial charge in [0.05, 0.1) is 0 Å². The van der Waals surface area contributed by atoms with Gasteiger partial charge in [-0.15, -0.1) is 0 Å². The van der Waals surface area contributed by atoms with Gasteiger partial charge in [0.1, 0.15) is 24.7 Å². The molecule has 0 N–H and O–H groups in total. The molecule has 3 aromatic carbocycles. The van der Waals surface area contributed by atoms with E-state index in [9.17, 15) is 0 Å². The summed E-state index contributed by atoms with van der Waals surface area (Å²) >= 11 is 3.15. The van der Waals surface area contributed by atoms with Gasteiger partial charge in [0.15, 0.2) is 0 Å². The predicted octanol–water partition coefficient (Wildman–Crippen LogP) is 13.0. The zero-order valence-electron chi connectivity index (χ0n) is 34.6. The Morgan fingerprint density at radius 3 is 1.58 bits per heavy atom. The van der Waals surface area contributed by atoms with Crippen molar-refractivity contribution < 1.29 is 9.47 Å². The van der Waals surface area contributed by atoms with Crippen LogP contribution in [0, 0.1) is 13.8 Å². The molecule has 3 aromatic rings. The Kier molecular flexibility index (Phi) is 19.9. The summed E-state index contributed by atoms with van der Waals surface area (Å²) in [5, 5.41) is 1.06. The number of ether oxygens (including phenoxy) is 2. The minimum atomic E-state index is 0.0474. The summed E-state index contributed by atoms with van der Waals surface area (Å²) in [5.74, 6) is 1.92. The zero-order valence-corrected chi connectivity index (χ0v) is 36.2. The van der Waals surface area contributed by atoms with Gasteiger partial charge in [-0.2, -0.15) is 0 Å². The first-order valence-corrected chi connectivity index (χ1v) is 22.1. The number of nitrogens with zero attached hydrogens (tertiary/aromatic N) is 2. The number of benzene rings is 3. The fourth-order valence-electron chi connectivity index (χ4n) is 7.96. The molecule has 0 saturated carbocycles. The third-order valence-electron chi connectivity index (χ3n) is 11.1. The van der Waals surface area contributed by atoms with E-state index >= 15 is 0 Å². The van der Waals surface area contributed by atoms with Crippen molar-refractivity contribution in [2.24, 2.45) is 0 Å². The van der Waals surface area contributed by atoms with E-state index < -0.39 is 0 Å². The van der Waals surface area contributed by atoms with Crippen LogP contribution in [-0.2, 0) is 5.41 Å². The summed E-state index contributed by atoms with van der Waals surface area (Å²) < 4.78 is 13.2. The number of hydrogen-bond acceptors (Lipinski definition) is 4. The van der Waals surface area contributed by atoms with Gasteiger partial charge in [-0.3, -0.25) is 0 Å². The van der Waals surface area contributed by atoms with Crippen LogP contribution in [0.3, 0.4) is 0 Å². The van der Waals surface area contributed by atoms with E-state index in [1.807, 2.05) is 6.92 Å². The molecule has 0 bridgehead atoms. The highest BCUT2D eigenvalue weighted by Crippen LogP contribution is 2.55. The average Bonchev–Trinajstić information content (AvgIpc) is 3.41. The minimum Gasteiger partial charge on any atom is -0.492 e. The normalized spacial score (nSPS) is 12.8. The molecule has 0 heterocycles. The molecule has 0 spiro atoms. The molecule has 0 radical (unpaired) electrons. The first-order valence-electron chi connectivity index (χ1n) is 20.9. The van der Waals surface area contributed by atoms with E-state index in [4.69, 9.17) is 9.47 Å². The molecule has 0 atom stereocenters. The fraction of sp³-hybridized carbons (Fsp3) is 0.617. The Hall–Kier alpha value is -2.34. The molecule has 52 heavy (non-hydrogen) atoms. The fourth-order valence-corrected chi connectivity index (χ4v) is 7.96. The van der Waals surface area contributed by atoms with Crippen molar-refractivity contribution in [2.45, 2.75) is 132 Å². The lowest BCUT2D eigenvalue weighted by Crippen LogP contribution is -2.28. The van der Waals surface area contributed by atoms with Crippen LogP contribution < -0.4 is 9.47 Å². The van der Waals surface area contributed by atoms with Crippen LogP contribution >= 0.6 is 15.9 Å². The molecule has 0 unspecified atom stereocenters. The lowest BCUT2D eigenvalue weighted by atomic mass is 9.70. The van der Waals surface area contributed by atoms with Gasteiger partial charge in [-0.1, -0.05) is 152 Å². The van der Waals surface area contributed by atoms with E-state index in [1.54, 1.807) is 5.56 Å². The highest BCUT2D eigenvalue weighted by Gasteiger charge is 2.42. The molecular formula is C47H73BrN2O2. The molecule has 0 fully saturated rings. The number of hydrogen-bond donors (Lipinski definition) is 0. The van der Waals surface area contributed by atoms with E-state index in [2.05, 4.69) is 130 Å². The molecule has 4 nitrogen and oxygen atoms in total. The minimum absolute atomic E-state index is 0.0474. The first-order chi connectivity index (χ1) is 25.3. The number of likely N-dealkylation sites (N-methyl/N-ethyl adjacent to an activating group) is 2. The van der Waals surface area contributed by atoms with Crippen LogP contribution in [-0.4, -0.2) is 67.6 Å². The van der Waals surface area contributed by atoms with Crippen molar-refractivity contribution in [3.05, 3.63) is 70.8 Å². The lowest BCUT2D eigenvalue weighted by molar-refractivity contribution is 0.219. The highest BCUT2D eigenvalue weighted by molar-refractivity contribution is 9.09. The summed E-state index contributed by atoms with van der Waals surface area (Å²) in [6, 6.07) is 19.0. The second-order valence-electron chi connectivity index (χ2n) is 14.6. The number of unbranched alkanes of at least 4 members (excludes halogenated alkanes) is 6. The molecular weight excluding hydrogens is 704 g/mol. The van der Waals surface area contributed by atoms with Crippen molar-refractivity contribution in [2.75, 3.05) is 57.8 Å². The van der Waals surface area contributed by atoms with Crippen LogP contribution in [0.15, 0.2) is 48.5 Å². The lowest BCUT2D eigenvalue weighted by Gasteiger charge is -2.33. The van der Waals surface area contributed by atoms with Crippen LogP contribution in [0.1, 0.15) is 135 Å². The topological polar surface area (TPSA) is 24.9 Å². The molecule has 5 heteroatoms. The van der Waals surface area contributed by atoms with Gasteiger partial charge >= 0.3 is 0 Å². The molecule has 0 aliphatic heterocycles. The maximum Gasteiger partial charge on any atom is 0.127 e. The Bertz CT molecular complexity index is 1450. The zero-order chi connectivity index (χ0) is 37.9. The standard InChI is InChI=1S/C45H68N2O2.C2H5Br/c1-9-15-17-19-25-45(26-20-18-16-10-2)41-31-35(7)21-23-38(41)39-24-22-37(33-42(39)45)40-34-43(48-29-27-46(11-3)12-4)36(8)32-44(40)49-30-28-47(13-5)14-6;1-2-3/h21-24,31-34H,9-20,25-30H2,1-8H3;2H2,1H3. The van der Waals surface area contributed by atoms with Gasteiger partial charge in [0.2, 0.25) is 0 Å². The van der Waals surface area contributed by atoms with Crippen LogP contribution in [0.4, 0.5) is 0 Å². The molecule has 0 aromatic heterocycles. The third-order valence-corrected chi connectivity index (χ3v) is 11.1. The van der Waals surface area contributed by atoms with Crippen LogP contribution in [0.2, 0.25) is 0 Å². The summed E-state index contributed by atoms with van der Waals surface area (Å²) in [4.78, 5) is 4.85. The molecule has 0 amide bonds. The predicted molar refractivity (Wildman–Crippen MR) is 231 cm³/mol. The van der Waals surface area contributed by atoms with Crippen molar-refractivity contribution in [3.63, 3.8) is 0 Å². The Balaban J connectivity index is 0.00000235. The Morgan fingerprint density at radius 2 is 1.06 bits per heavy atom. The van der Waals surface area contributed by atoms with Crippen molar-refractivity contribution in [1.29, 1.82) is 0 Å². The Morgan fingerprint density at radius 1 is 0.558 bits per heavy atom. The Labute approximate surface area is 328 Å². The van der Waals surface area contributed by atoms with E-state index in [1.165, 1.54) is 92.0 Å². The summed E-state index contributed by atoms with van der Waals surface area (Å²) in [6.07, 6.45) is 12.7. The molecule has 290 valence electrons. The average molecular weight is 778 g/mol. The summed E-state index contributed by atoms with van der Waals surface area (Å²) in [7, 11) is 0. The molecule has 1 aliphatic carbocycles. The summed E-state index contributed by atoms with van der Waals surface area (Å²) in [6.45, 7) is 27.4. The van der Waals surface area contributed by atoms with E-state index in [0.717, 1.165) is 67.2 Å². The first kappa shape index (κ1) is 44.1. The monoisotopic (exact) mass is 776 g/mol. The van der Waals surface area contributed by atoms with Gasteiger partial charge in [-0.05, 0) is 104 Å². The molecule has 4 rings (SSSR count). The number of fused-ring (bicyclic) bond motifs is 3. The highest BCUT2D eigenvalue weighted by atomic mass is 79.9. The number of alkyl halides is 1. The van der Waals surface area contributed by atoms with Crippen LogP contribution in [0.25, 0.3) is 22.3 Å². The van der Waals surface area contributed by atoms with Crippen molar-refractivity contribution >= 4 is 15.9 Å². The SMILES string of the molecule is CCBr.CCCCCCC1(CCCCCC)c2cc(C)ccc2-c2ccc(-c3cc(OCCN(CC)CC)c(C)cc3OCCN(CC)CC)cc21. The van der Waals surface area contributed by atoms with Crippen molar-refractivity contribution in [1.82, 2.24) is 9.80 Å². The van der Waals surface area contributed by atoms with Gasteiger partial charge < -0.3 is 19.3 Å². The third kappa shape index (κ3) is 11.8. The maximum absolute atomic E-state index is 6.67. The largest absolute Gasteiger partial charge is 0.492 e. The summed E-state index contributed by atoms with van der Waals surface area (Å²) in [5.41, 5.74) is 10.9. The number of aryl methyl sites for hydroxylation is 2. The van der Waals surface area contributed by atoms with E-state index in [0.29, 0.717) is 13.2 Å². The van der Waals surface area contributed by atoms with Crippen LogP contribution in [0.5, 0.6) is 11.5 Å². The maximum atomic E-state index is 6.67. The second kappa shape index (κ2) is 23.4. The van der Waals surface area contributed by atoms with Gasteiger partial charge in [0, 0.05) is 29.4 Å².